The van der Waals surface area contributed by atoms with Crippen molar-refractivity contribution >= 4 is 27.8 Å². The van der Waals surface area contributed by atoms with Crippen LogP contribution < -0.4 is 14.3 Å². The van der Waals surface area contributed by atoms with E-state index in [0.29, 0.717) is 29.4 Å². The topological polar surface area (TPSA) is 119 Å². The van der Waals surface area contributed by atoms with Crippen molar-refractivity contribution in [2.45, 2.75) is 12.8 Å². The van der Waals surface area contributed by atoms with Crippen LogP contribution in [0.15, 0.2) is 12.1 Å². The highest BCUT2D eigenvalue weighted by molar-refractivity contribution is 7.92. The van der Waals surface area contributed by atoms with Gasteiger partial charge in [-0.3, -0.25) is 4.79 Å². The zero-order valence-electron chi connectivity index (χ0n) is 14.0. The fourth-order valence-corrected chi connectivity index (χ4v) is 4.50. The molecule has 3 N–H and O–H groups in total. The first-order chi connectivity index (χ1) is 12.2. The molecule has 1 aromatic rings. The lowest BCUT2D eigenvalue weighted by molar-refractivity contribution is -0.117. The molecular weight excluding hydrogens is 367 g/mol. The molecule has 1 aromatic carbocycles. The van der Waals surface area contributed by atoms with Gasteiger partial charge >= 0.3 is 16.2 Å². The second-order valence-corrected chi connectivity index (χ2v) is 7.94. The maximum absolute atomic E-state index is 14.5. The predicted molar refractivity (Wildman–Crippen MR) is 90.3 cm³/mol. The van der Waals surface area contributed by atoms with Gasteiger partial charge in [0, 0.05) is 20.1 Å². The molecule has 0 radical (unpaired) electrons. The van der Waals surface area contributed by atoms with Gasteiger partial charge in [0.05, 0.1) is 0 Å². The Kier molecular flexibility index (Phi) is 4.65. The van der Waals surface area contributed by atoms with Gasteiger partial charge in [-0.1, -0.05) is 0 Å². The second kappa shape index (κ2) is 6.63. The van der Waals surface area contributed by atoms with Gasteiger partial charge in [-0.2, -0.15) is 8.42 Å². The number of rotatable bonds is 3. The van der Waals surface area contributed by atoms with E-state index in [1.165, 1.54) is 6.07 Å². The summed E-state index contributed by atoms with van der Waals surface area (Å²) in [5.41, 5.74) is -0.0612. The molecule has 142 valence electrons. The van der Waals surface area contributed by atoms with Crippen molar-refractivity contribution < 1.29 is 27.5 Å². The fraction of sp³-hybridized carbons (Fsp3) is 0.467. The smallest absolute Gasteiger partial charge is 0.326 e. The van der Waals surface area contributed by atoms with Gasteiger partial charge in [-0.15, -0.1) is 0 Å². The molecule has 3 amide bonds. The summed E-state index contributed by atoms with van der Waals surface area (Å²) in [5.74, 6) is -2.17. The molecule has 0 saturated carbocycles. The van der Waals surface area contributed by atoms with Crippen LogP contribution in [0.25, 0.3) is 0 Å². The number of nitrogens with one attached hydrogen (secondary N) is 2. The lowest BCUT2D eigenvalue weighted by Crippen LogP contribution is -2.36. The number of carbonyl (C=O) groups excluding carboxylic acids is 2. The van der Waals surface area contributed by atoms with Crippen molar-refractivity contribution in [3.8, 4) is 5.75 Å². The van der Waals surface area contributed by atoms with Crippen LogP contribution in [-0.2, 0) is 21.4 Å². The van der Waals surface area contributed by atoms with E-state index in [1.807, 2.05) is 0 Å². The molecule has 0 aromatic heterocycles. The number of benzene rings is 1. The zero-order chi connectivity index (χ0) is 19.1. The van der Waals surface area contributed by atoms with Gasteiger partial charge in [0.15, 0.2) is 5.82 Å². The van der Waals surface area contributed by atoms with E-state index >= 15 is 0 Å². The maximum Gasteiger partial charge on any atom is 0.326 e. The van der Waals surface area contributed by atoms with Gasteiger partial charge in [0.25, 0.3) is 5.91 Å². The minimum atomic E-state index is -4.21. The number of hydrogen-bond acceptors (Lipinski definition) is 5. The molecule has 2 aliphatic rings. The summed E-state index contributed by atoms with van der Waals surface area (Å²) in [5, 5.41) is 12.7. The number of halogens is 1. The third-order valence-corrected chi connectivity index (χ3v) is 5.86. The zero-order valence-corrected chi connectivity index (χ0v) is 14.8. The number of likely N-dealkylation sites (tertiary alicyclic amines) is 1. The van der Waals surface area contributed by atoms with E-state index in [-0.39, 0.29) is 11.9 Å². The lowest BCUT2D eigenvalue weighted by atomic mass is 9.98. The SMILES string of the molecule is CNC(=O)N1CCC(Cc2cc(O)c(N3CC(=O)NS3(=O)=O)c(F)c2)C1. The summed E-state index contributed by atoms with van der Waals surface area (Å²) in [6.45, 7) is 0.523. The Morgan fingerprint density at radius 2 is 2.19 bits per heavy atom. The molecule has 9 nitrogen and oxygen atoms in total. The summed E-state index contributed by atoms with van der Waals surface area (Å²) in [6.07, 6.45) is 1.18. The van der Waals surface area contributed by atoms with Crippen molar-refractivity contribution in [2.24, 2.45) is 5.92 Å². The van der Waals surface area contributed by atoms with Crippen LogP contribution in [0.5, 0.6) is 5.75 Å². The van der Waals surface area contributed by atoms with Crippen LogP contribution >= 0.6 is 0 Å². The summed E-state index contributed by atoms with van der Waals surface area (Å²) in [6, 6.07) is 2.27. The molecule has 26 heavy (non-hydrogen) atoms. The normalized spacial score (nSPS) is 21.8. The van der Waals surface area contributed by atoms with E-state index in [4.69, 9.17) is 0 Å². The third kappa shape index (κ3) is 3.39. The number of aromatic hydroxyl groups is 1. The lowest BCUT2D eigenvalue weighted by Gasteiger charge is -2.19. The van der Waals surface area contributed by atoms with Crippen molar-refractivity contribution in [2.75, 3.05) is 31.0 Å². The van der Waals surface area contributed by atoms with Crippen LogP contribution in [0.4, 0.5) is 14.9 Å². The minimum Gasteiger partial charge on any atom is -0.506 e. The number of carbonyl (C=O) groups is 2. The second-order valence-electron chi connectivity index (χ2n) is 6.34. The highest BCUT2D eigenvalue weighted by Crippen LogP contribution is 2.35. The number of anilines is 1. The molecule has 11 heteroatoms. The van der Waals surface area contributed by atoms with Gasteiger partial charge in [0.1, 0.15) is 18.0 Å². The largest absolute Gasteiger partial charge is 0.506 e. The van der Waals surface area contributed by atoms with Crippen LogP contribution in [0.2, 0.25) is 0 Å². The number of urea groups is 1. The number of amides is 3. The Bertz CT molecular complexity index is 837. The van der Waals surface area contributed by atoms with Gasteiger partial charge < -0.3 is 15.3 Å². The summed E-state index contributed by atoms with van der Waals surface area (Å²) in [4.78, 5) is 24.6. The van der Waals surface area contributed by atoms with Crippen molar-refractivity contribution in [3.63, 3.8) is 0 Å². The molecule has 2 fully saturated rings. The van der Waals surface area contributed by atoms with Crippen LogP contribution in [0.1, 0.15) is 12.0 Å². The number of phenolic OH excluding ortho intramolecular Hbond substituents is 1. The van der Waals surface area contributed by atoms with Crippen LogP contribution in [0, 0.1) is 11.7 Å². The monoisotopic (exact) mass is 386 g/mol. The highest BCUT2D eigenvalue weighted by Gasteiger charge is 2.37. The summed E-state index contributed by atoms with van der Waals surface area (Å²) >= 11 is 0. The average molecular weight is 386 g/mol. The fourth-order valence-electron chi connectivity index (χ4n) is 3.32. The third-order valence-electron chi connectivity index (χ3n) is 4.48. The summed E-state index contributed by atoms with van der Waals surface area (Å²) in [7, 11) is -2.66. The van der Waals surface area contributed by atoms with Crippen molar-refractivity contribution in [1.82, 2.24) is 14.9 Å². The van der Waals surface area contributed by atoms with Gasteiger partial charge in [-0.05, 0) is 36.5 Å². The van der Waals surface area contributed by atoms with E-state index in [0.717, 1.165) is 12.5 Å². The highest BCUT2D eigenvalue weighted by atomic mass is 32.2. The Labute approximate surface area is 150 Å². The quantitative estimate of drug-likeness (QED) is 0.671. The van der Waals surface area contributed by atoms with Crippen LogP contribution in [0.3, 0.4) is 0 Å². The van der Waals surface area contributed by atoms with E-state index < -0.39 is 39.9 Å². The predicted octanol–water partition coefficient (Wildman–Crippen LogP) is -0.0839. The molecule has 3 rings (SSSR count). The number of phenols is 1. The Hall–Kier alpha value is -2.56. The Morgan fingerprint density at radius 1 is 1.46 bits per heavy atom. The first-order valence-electron chi connectivity index (χ1n) is 8.02. The average Bonchev–Trinajstić information content (AvgIpc) is 3.10. The Morgan fingerprint density at radius 3 is 2.77 bits per heavy atom. The molecule has 0 aliphatic carbocycles. The first kappa shape index (κ1) is 18.2. The molecule has 2 saturated heterocycles. The molecule has 1 unspecified atom stereocenters. The molecule has 1 atom stereocenters. The van der Waals surface area contributed by atoms with Gasteiger partial charge in [-0.25, -0.2) is 18.2 Å². The first-order valence-corrected chi connectivity index (χ1v) is 9.46. The molecule has 0 bridgehead atoms. The van der Waals surface area contributed by atoms with Crippen molar-refractivity contribution in [1.29, 1.82) is 0 Å². The van der Waals surface area contributed by atoms with E-state index in [9.17, 15) is 27.5 Å². The molecular formula is C15H19FN4O5S. The summed E-state index contributed by atoms with van der Waals surface area (Å²) < 4.78 is 40.4. The minimum absolute atomic E-state index is 0.107. The molecule has 0 spiro atoms. The Balaban J connectivity index is 1.78. The number of hydrogen-bond donors (Lipinski definition) is 3. The molecule has 2 aliphatic heterocycles. The van der Waals surface area contributed by atoms with Gasteiger partial charge in [0.2, 0.25) is 0 Å². The standard InChI is InChI=1S/C15H19FN4O5S/c1-17-15(23)19-3-2-9(7-19)4-10-5-11(16)14(12(21)6-10)20-8-13(22)18-26(20,24)25/h5-6,9,21H,2-4,7-8H2,1H3,(H,17,23)(H,18,22). The van der Waals surface area contributed by atoms with E-state index in [2.05, 4.69) is 5.32 Å². The number of nitrogens with zero attached hydrogens (tertiary/aromatic N) is 2. The molecule has 2 heterocycles. The van der Waals surface area contributed by atoms with Crippen molar-refractivity contribution in [3.05, 3.63) is 23.5 Å². The van der Waals surface area contributed by atoms with Crippen LogP contribution in [-0.4, -0.2) is 57.0 Å². The van der Waals surface area contributed by atoms with E-state index in [1.54, 1.807) is 16.7 Å². The maximum atomic E-state index is 14.5.